The third-order valence-corrected chi connectivity index (χ3v) is 3.55. The summed E-state index contributed by atoms with van der Waals surface area (Å²) in [7, 11) is 0. The lowest BCUT2D eigenvalue weighted by molar-refractivity contribution is -0.297. The Morgan fingerprint density at radius 2 is 1.62 bits per heavy atom. The van der Waals surface area contributed by atoms with Crippen LogP contribution in [0.4, 0.5) is 22.0 Å². The predicted molar refractivity (Wildman–Crippen MR) is 67.1 cm³/mol. The van der Waals surface area contributed by atoms with Crippen LogP contribution in [0, 0.1) is 5.92 Å². The van der Waals surface area contributed by atoms with Gasteiger partial charge in [0.25, 0.3) is 0 Å². The highest BCUT2D eigenvalue weighted by atomic mass is 32.2. The Hall–Kier alpha value is -1.44. The minimum atomic E-state index is -5.89. The van der Waals surface area contributed by atoms with Crippen LogP contribution < -0.4 is 0 Å². The van der Waals surface area contributed by atoms with Crippen LogP contribution in [0.1, 0.15) is 13.3 Å². The molecule has 0 bridgehead atoms. The van der Waals surface area contributed by atoms with Gasteiger partial charge < -0.3 is 0 Å². The summed E-state index contributed by atoms with van der Waals surface area (Å²) in [4.78, 5) is 22.9. The molecule has 0 N–H and O–H groups in total. The van der Waals surface area contributed by atoms with Crippen molar-refractivity contribution in [2.45, 2.75) is 30.3 Å². The number of carbonyl (C=O) groups excluding carboxylic acids is 2. The Bertz CT molecular complexity index is 513. The summed E-state index contributed by atoms with van der Waals surface area (Å²) in [5.41, 5.74) is 0. The summed E-state index contributed by atoms with van der Waals surface area (Å²) in [5.74, 6) is -8.90. The fourth-order valence-electron chi connectivity index (χ4n) is 1.52. The van der Waals surface area contributed by atoms with Gasteiger partial charge in [0.05, 0.1) is 0 Å². The molecule has 0 heterocycles. The molecule has 2 nitrogen and oxygen atoms in total. The summed E-state index contributed by atoms with van der Waals surface area (Å²) in [6, 6.07) is 7.43. The lowest BCUT2D eigenvalue weighted by atomic mass is 9.96. The molecule has 0 fully saturated rings. The Labute approximate surface area is 121 Å². The fraction of sp³-hybridized carbons (Fsp3) is 0.385. The van der Waals surface area contributed by atoms with E-state index >= 15 is 0 Å². The number of thioether (sulfide) groups is 1. The van der Waals surface area contributed by atoms with Gasteiger partial charge in [-0.25, -0.2) is 0 Å². The van der Waals surface area contributed by atoms with Crippen LogP contribution in [0.25, 0.3) is 0 Å². The topological polar surface area (TPSA) is 34.1 Å². The van der Waals surface area contributed by atoms with Gasteiger partial charge in [0, 0.05) is 11.3 Å². The zero-order valence-electron chi connectivity index (χ0n) is 10.8. The molecule has 0 spiro atoms. The second-order valence-corrected chi connectivity index (χ2v) is 5.39. The minimum absolute atomic E-state index is 0.231. The molecule has 21 heavy (non-hydrogen) atoms. The highest BCUT2D eigenvalue weighted by molar-refractivity contribution is 8.13. The van der Waals surface area contributed by atoms with Crippen LogP contribution in [-0.2, 0) is 9.59 Å². The van der Waals surface area contributed by atoms with Gasteiger partial charge in [0.15, 0.2) is 0 Å². The van der Waals surface area contributed by atoms with Gasteiger partial charge in [0.2, 0.25) is 5.12 Å². The number of halogens is 5. The van der Waals surface area contributed by atoms with E-state index in [4.69, 9.17) is 0 Å². The SMILES string of the molecule is CC(=O)CC(C(=O)Sc1ccccc1)C(F)(F)C(F)(F)F. The predicted octanol–water partition coefficient (Wildman–Crippen LogP) is 4.10. The highest BCUT2D eigenvalue weighted by Gasteiger charge is 2.64. The van der Waals surface area contributed by atoms with Gasteiger partial charge in [-0.1, -0.05) is 30.0 Å². The van der Waals surface area contributed by atoms with E-state index in [-0.39, 0.29) is 16.7 Å². The Balaban J connectivity index is 3.03. The van der Waals surface area contributed by atoms with Gasteiger partial charge >= 0.3 is 12.1 Å². The van der Waals surface area contributed by atoms with Crippen molar-refractivity contribution in [2.75, 3.05) is 0 Å². The third kappa shape index (κ3) is 4.52. The first-order chi connectivity index (χ1) is 9.55. The lowest BCUT2D eigenvalue weighted by Crippen LogP contribution is -2.46. The maximum Gasteiger partial charge on any atom is 0.454 e. The number of alkyl halides is 5. The van der Waals surface area contributed by atoms with Crippen molar-refractivity contribution in [3.05, 3.63) is 30.3 Å². The van der Waals surface area contributed by atoms with Crippen molar-refractivity contribution in [3.8, 4) is 0 Å². The molecule has 0 aliphatic rings. The van der Waals surface area contributed by atoms with E-state index in [1.807, 2.05) is 0 Å². The largest absolute Gasteiger partial charge is 0.454 e. The molecular formula is C13H11F5O2S. The Morgan fingerprint density at radius 3 is 2.05 bits per heavy atom. The summed E-state index contributed by atoms with van der Waals surface area (Å²) >= 11 is 0.266. The molecule has 8 heteroatoms. The van der Waals surface area contributed by atoms with Crippen LogP contribution in [0.2, 0.25) is 0 Å². The third-order valence-electron chi connectivity index (χ3n) is 2.55. The number of hydrogen-bond acceptors (Lipinski definition) is 3. The number of Topliss-reactive ketones (excluding diaryl/α,β-unsaturated/α-hetero) is 1. The molecule has 0 saturated carbocycles. The normalized spacial score (nSPS) is 13.8. The van der Waals surface area contributed by atoms with Crippen molar-refractivity contribution >= 4 is 22.7 Å². The molecule has 1 rings (SSSR count). The average Bonchev–Trinajstić information content (AvgIpc) is 2.35. The maximum atomic E-state index is 13.4. The molecule has 0 aliphatic carbocycles. The van der Waals surface area contributed by atoms with Gasteiger partial charge in [0.1, 0.15) is 11.7 Å². The number of rotatable bonds is 5. The van der Waals surface area contributed by atoms with Gasteiger partial charge in [-0.2, -0.15) is 22.0 Å². The molecule has 0 aliphatic heterocycles. The monoisotopic (exact) mass is 326 g/mol. The Morgan fingerprint density at radius 1 is 1.10 bits per heavy atom. The van der Waals surface area contributed by atoms with Crippen molar-refractivity contribution in [3.63, 3.8) is 0 Å². The van der Waals surface area contributed by atoms with E-state index in [9.17, 15) is 31.5 Å². The first-order valence-electron chi connectivity index (χ1n) is 5.76. The van der Waals surface area contributed by atoms with Crippen LogP contribution in [-0.4, -0.2) is 23.0 Å². The summed E-state index contributed by atoms with van der Waals surface area (Å²) < 4.78 is 64.0. The lowest BCUT2D eigenvalue weighted by Gasteiger charge is -2.26. The molecule has 1 aromatic carbocycles. The summed E-state index contributed by atoms with van der Waals surface area (Å²) in [6.07, 6.45) is -7.05. The number of ketones is 1. The van der Waals surface area contributed by atoms with E-state index in [0.29, 0.717) is 0 Å². The van der Waals surface area contributed by atoms with Crippen molar-refractivity contribution in [1.82, 2.24) is 0 Å². The molecule has 0 radical (unpaired) electrons. The average molecular weight is 326 g/mol. The van der Waals surface area contributed by atoms with E-state index < -0.39 is 35.3 Å². The standard InChI is InChI=1S/C13H11F5O2S/c1-8(19)7-10(12(14,15)13(16,17)18)11(20)21-9-5-3-2-4-6-9/h2-6,10H,7H2,1H3. The minimum Gasteiger partial charge on any atom is -0.300 e. The first-order valence-corrected chi connectivity index (χ1v) is 6.58. The number of carbonyl (C=O) groups is 2. The van der Waals surface area contributed by atoms with E-state index in [1.165, 1.54) is 24.3 Å². The molecule has 116 valence electrons. The fourth-order valence-corrected chi connectivity index (χ4v) is 2.42. The quantitative estimate of drug-likeness (QED) is 0.603. The van der Waals surface area contributed by atoms with Crippen molar-refractivity contribution in [2.24, 2.45) is 5.92 Å². The van der Waals surface area contributed by atoms with Crippen molar-refractivity contribution < 1.29 is 31.5 Å². The summed E-state index contributed by atoms with van der Waals surface area (Å²) in [6.45, 7) is 0.861. The second kappa shape index (κ2) is 6.55. The van der Waals surface area contributed by atoms with Gasteiger partial charge in [-0.15, -0.1) is 0 Å². The highest BCUT2D eigenvalue weighted by Crippen LogP contribution is 2.45. The van der Waals surface area contributed by atoms with E-state index in [2.05, 4.69) is 0 Å². The van der Waals surface area contributed by atoms with E-state index in [1.54, 1.807) is 6.07 Å². The van der Waals surface area contributed by atoms with Crippen LogP contribution in [0.5, 0.6) is 0 Å². The van der Waals surface area contributed by atoms with Crippen LogP contribution in [0.3, 0.4) is 0 Å². The van der Waals surface area contributed by atoms with Crippen LogP contribution in [0.15, 0.2) is 35.2 Å². The molecule has 0 saturated heterocycles. The van der Waals surface area contributed by atoms with Gasteiger partial charge in [-0.3, -0.25) is 9.59 Å². The first kappa shape index (κ1) is 17.6. The zero-order chi connectivity index (χ0) is 16.3. The Kier molecular flexibility index (Phi) is 5.49. The summed E-state index contributed by atoms with van der Waals surface area (Å²) in [5, 5.41) is -1.39. The number of hydrogen-bond donors (Lipinski definition) is 0. The molecule has 1 atom stereocenters. The van der Waals surface area contributed by atoms with E-state index in [0.717, 1.165) is 6.92 Å². The molecule has 0 aromatic heterocycles. The maximum absolute atomic E-state index is 13.4. The van der Waals surface area contributed by atoms with Crippen molar-refractivity contribution in [1.29, 1.82) is 0 Å². The zero-order valence-corrected chi connectivity index (χ0v) is 11.6. The molecular weight excluding hydrogens is 315 g/mol. The smallest absolute Gasteiger partial charge is 0.300 e. The second-order valence-electron chi connectivity index (χ2n) is 4.31. The number of benzene rings is 1. The molecule has 1 aromatic rings. The molecule has 1 unspecified atom stereocenters. The molecule has 0 amide bonds. The van der Waals surface area contributed by atoms with Crippen LogP contribution >= 0.6 is 11.8 Å². The van der Waals surface area contributed by atoms with Gasteiger partial charge in [-0.05, 0) is 19.1 Å².